The van der Waals surface area contributed by atoms with E-state index in [-0.39, 0.29) is 5.25 Å². The maximum Gasteiger partial charge on any atom is 0.244 e. The predicted octanol–water partition coefficient (Wildman–Crippen LogP) is 0.825. The minimum Gasteiger partial charge on any atom is -0.213 e. The number of hydrogen-bond acceptors (Lipinski definition) is 3. The van der Waals surface area contributed by atoms with E-state index in [1.54, 1.807) is 0 Å². The van der Waals surface area contributed by atoms with E-state index in [0.29, 0.717) is 12.8 Å². The van der Waals surface area contributed by atoms with Gasteiger partial charge in [-0.3, -0.25) is 0 Å². The zero-order chi connectivity index (χ0) is 7.61. The van der Waals surface area contributed by atoms with E-state index < -0.39 is 9.84 Å². The largest absolute Gasteiger partial charge is 0.244 e. The molecule has 0 aliphatic heterocycles. The van der Waals surface area contributed by atoms with E-state index in [0.717, 1.165) is 12.8 Å². The molecule has 0 unspecified atom stereocenters. The Kier molecular flexibility index (Phi) is 1.95. The fourth-order valence-electron chi connectivity index (χ4n) is 1.27. The number of nitrogens with zero attached hydrogens (tertiary/aromatic N) is 1. The fourth-order valence-corrected chi connectivity index (χ4v) is 2.38. The summed E-state index contributed by atoms with van der Waals surface area (Å²) < 4.78 is 21.7. The van der Waals surface area contributed by atoms with Crippen LogP contribution in [0.15, 0.2) is 0 Å². The lowest BCUT2D eigenvalue weighted by molar-refractivity contribution is 0.590. The van der Waals surface area contributed by atoms with Crippen LogP contribution >= 0.6 is 0 Å². The summed E-state index contributed by atoms with van der Waals surface area (Å²) in [5.74, 6) is 0. The molecule has 0 saturated heterocycles. The highest BCUT2D eigenvalue weighted by atomic mass is 32.2. The molecule has 0 radical (unpaired) electrons. The first kappa shape index (κ1) is 7.55. The van der Waals surface area contributed by atoms with E-state index in [9.17, 15) is 8.42 Å². The Morgan fingerprint density at radius 1 is 1.30 bits per heavy atom. The van der Waals surface area contributed by atoms with E-state index in [4.69, 9.17) is 5.26 Å². The van der Waals surface area contributed by atoms with Gasteiger partial charge in [-0.1, -0.05) is 12.8 Å². The Bertz CT molecular complexity index is 243. The first-order valence-corrected chi connectivity index (χ1v) is 4.86. The van der Waals surface area contributed by atoms with Gasteiger partial charge in [-0.2, -0.15) is 5.26 Å². The van der Waals surface area contributed by atoms with Gasteiger partial charge in [0.05, 0.1) is 5.25 Å². The lowest BCUT2D eigenvalue weighted by atomic mass is 10.4. The van der Waals surface area contributed by atoms with E-state index >= 15 is 0 Å². The van der Waals surface area contributed by atoms with Crippen LogP contribution in [0.4, 0.5) is 0 Å². The van der Waals surface area contributed by atoms with Crippen molar-refractivity contribution in [2.24, 2.45) is 0 Å². The van der Waals surface area contributed by atoms with Crippen molar-refractivity contribution in [2.75, 3.05) is 0 Å². The van der Waals surface area contributed by atoms with Crippen LogP contribution in [0.3, 0.4) is 0 Å². The molecule has 0 aromatic rings. The summed E-state index contributed by atoms with van der Waals surface area (Å²) in [5, 5.41) is 9.21. The molecule has 3 nitrogen and oxygen atoms in total. The van der Waals surface area contributed by atoms with Gasteiger partial charge in [-0.05, 0) is 12.8 Å². The lowest BCUT2D eigenvalue weighted by Crippen LogP contribution is -2.14. The number of rotatable bonds is 1. The standard InChI is InChI=1S/C6H9NO2S/c7-5-10(8,9)6-3-1-2-4-6/h6H,1-4H2. The predicted molar refractivity (Wildman–Crippen MR) is 36.8 cm³/mol. The van der Waals surface area contributed by atoms with Crippen molar-refractivity contribution in [3.05, 3.63) is 0 Å². The quantitative estimate of drug-likeness (QED) is 0.420. The second kappa shape index (κ2) is 2.59. The molecule has 0 bridgehead atoms. The Balaban J connectivity index is 2.76. The zero-order valence-electron chi connectivity index (χ0n) is 5.58. The van der Waals surface area contributed by atoms with Gasteiger partial charge in [0.25, 0.3) is 0 Å². The highest BCUT2D eigenvalue weighted by molar-refractivity contribution is 7.96. The summed E-state index contributed by atoms with van der Waals surface area (Å²) in [7, 11) is -3.39. The second-order valence-corrected chi connectivity index (χ2v) is 4.48. The molecule has 1 saturated carbocycles. The molecule has 1 rings (SSSR count). The monoisotopic (exact) mass is 159 g/mol. The topological polar surface area (TPSA) is 57.9 Å². The van der Waals surface area contributed by atoms with Crippen molar-refractivity contribution in [2.45, 2.75) is 30.9 Å². The van der Waals surface area contributed by atoms with Crippen LogP contribution in [-0.2, 0) is 9.84 Å². The van der Waals surface area contributed by atoms with E-state index in [1.807, 2.05) is 0 Å². The van der Waals surface area contributed by atoms with E-state index in [1.165, 1.54) is 5.40 Å². The van der Waals surface area contributed by atoms with Crippen LogP contribution in [-0.4, -0.2) is 13.7 Å². The zero-order valence-corrected chi connectivity index (χ0v) is 6.39. The molecule has 10 heavy (non-hydrogen) atoms. The van der Waals surface area contributed by atoms with Crippen molar-refractivity contribution >= 4 is 9.84 Å². The molecule has 0 aromatic carbocycles. The Labute approximate surface area is 60.6 Å². The summed E-state index contributed by atoms with van der Waals surface area (Å²) >= 11 is 0. The molecule has 0 spiro atoms. The fraction of sp³-hybridized carbons (Fsp3) is 0.833. The van der Waals surface area contributed by atoms with Gasteiger partial charge in [0, 0.05) is 0 Å². The van der Waals surface area contributed by atoms with Gasteiger partial charge >= 0.3 is 0 Å². The molecule has 4 heteroatoms. The van der Waals surface area contributed by atoms with E-state index in [2.05, 4.69) is 0 Å². The van der Waals surface area contributed by atoms with Crippen LogP contribution < -0.4 is 0 Å². The third kappa shape index (κ3) is 1.29. The van der Waals surface area contributed by atoms with Crippen LogP contribution in [0.5, 0.6) is 0 Å². The second-order valence-electron chi connectivity index (χ2n) is 2.54. The molecule has 0 atom stereocenters. The molecule has 0 N–H and O–H groups in total. The summed E-state index contributed by atoms with van der Waals surface area (Å²) in [6.07, 6.45) is 3.25. The average molecular weight is 159 g/mol. The highest BCUT2D eigenvalue weighted by Crippen LogP contribution is 2.24. The minimum atomic E-state index is -3.39. The first-order valence-electron chi connectivity index (χ1n) is 3.31. The van der Waals surface area contributed by atoms with Crippen molar-refractivity contribution in [1.29, 1.82) is 5.26 Å². The van der Waals surface area contributed by atoms with Crippen LogP contribution in [0, 0.1) is 10.7 Å². The molecule has 1 aliphatic carbocycles. The lowest BCUT2D eigenvalue weighted by Gasteiger charge is -2.00. The molecular formula is C6H9NO2S. The van der Waals surface area contributed by atoms with Crippen molar-refractivity contribution in [3.8, 4) is 5.40 Å². The van der Waals surface area contributed by atoms with Crippen LogP contribution in [0.2, 0.25) is 0 Å². The smallest absolute Gasteiger partial charge is 0.213 e. The van der Waals surface area contributed by atoms with Gasteiger partial charge in [-0.25, -0.2) is 8.42 Å². The number of thiocyanates is 1. The molecule has 56 valence electrons. The summed E-state index contributed by atoms with van der Waals surface area (Å²) in [6, 6.07) is 0. The highest BCUT2D eigenvalue weighted by Gasteiger charge is 2.27. The third-order valence-electron chi connectivity index (χ3n) is 1.87. The third-order valence-corrected chi connectivity index (χ3v) is 3.47. The van der Waals surface area contributed by atoms with Gasteiger partial charge < -0.3 is 0 Å². The summed E-state index contributed by atoms with van der Waals surface area (Å²) in [4.78, 5) is 0. The normalized spacial score (nSPS) is 20.7. The Hall–Kier alpha value is -0.560. The summed E-state index contributed by atoms with van der Waals surface area (Å²) in [5.41, 5.74) is 0. The number of hydrogen-bond donors (Lipinski definition) is 0. The van der Waals surface area contributed by atoms with Crippen LogP contribution in [0.1, 0.15) is 25.7 Å². The SMILES string of the molecule is N#CS(=O)(=O)C1CCCC1. The maximum absolute atomic E-state index is 10.8. The molecule has 0 aromatic heterocycles. The molecule has 1 aliphatic rings. The molecule has 1 fully saturated rings. The first-order chi connectivity index (χ1) is 4.67. The minimum absolute atomic E-state index is 0.363. The molecular weight excluding hydrogens is 150 g/mol. The average Bonchev–Trinajstić information content (AvgIpc) is 2.38. The van der Waals surface area contributed by atoms with Gasteiger partial charge in [0.1, 0.15) is 0 Å². The van der Waals surface area contributed by atoms with Crippen molar-refractivity contribution < 1.29 is 8.42 Å². The maximum atomic E-state index is 10.8. The van der Waals surface area contributed by atoms with Gasteiger partial charge in [0.15, 0.2) is 5.40 Å². The Morgan fingerprint density at radius 2 is 1.80 bits per heavy atom. The molecule has 0 amide bonds. The number of sulfone groups is 1. The van der Waals surface area contributed by atoms with Gasteiger partial charge in [-0.15, -0.1) is 0 Å². The molecule has 0 heterocycles. The van der Waals surface area contributed by atoms with Crippen molar-refractivity contribution in [1.82, 2.24) is 0 Å². The number of nitriles is 1. The van der Waals surface area contributed by atoms with Crippen molar-refractivity contribution in [3.63, 3.8) is 0 Å². The summed E-state index contributed by atoms with van der Waals surface area (Å²) in [6.45, 7) is 0. The van der Waals surface area contributed by atoms with Crippen LogP contribution in [0.25, 0.3) is 0 Å². The Morgan fingerprint density at radius 3 is 2.20 bits per heavy atom. The van der Waals surface area contributed by atoms with Gasteiger partial charge in [0.2, 0.25) is 9.84 Å².